The van der Waals surface area contributed by atoms with Crippen molar-refractivity contribution in [3.05, 3.63) is 30.1 Å². The average Bonchev–Trinajstić information content (AvgIpc) is 2.30. The van der Waals surface area contributed by atoms with Gasteiger partial charge in [-0.25, -0.2) is 0 Å². The van der Waals surface area contributed by atoms with Crippen LogP contribution in [-0.2, 0) is 9.53 Å². The zero-order valence-electron chi connectivity index (χ0n) is 9.75. The Morgan fingerprint density at radius 1 is 1.53 bits per heavy atom. The Bertz CT molecular complexity index is 404. The van der Waals surface area contributed by atoms with E-state index in [1.54, 1.807) is 19.3 Å². The van der Waals surface area contributed by atoms with Crippen LogP contribution in [0.15, 0.2) is 29.6 Å². The summed E-state index contributed by atoms with van der Waals surface area (Å²) in [6.07, 6.45) is 3.36. The van der Waals surface area contributed by atoms with Crippen LogP contribution in [0.4, 0.5) is 0 Å². The number of carbonyl (C=O) groups is 1. The second-order valence-electron chi connectivity index (χ2n) is 3.22. The van der Waals surface area contributed by atoms with Crippen molar-refractivity contribution in [3.63, 3.8) is 0 Å². The highest BCUT2D eigenvalue weighted by atomic mass is 32.2. The minimum atomic E-state index is -0.424. The molecule has 0 bridgehead atoms. The van der Waals surface area contributed by atoms with Gasteiger partial charge in [-0.1, -0.05) is 4.68 Å². The van der Waals surface area contributed by atoms with Gasteiger partial charge >= 0.3 is 5.97 Å². The summed E-state index contributed by atoms with van der Waals surface area (Å²) in [6.45, 7) is 3.98. The lowest BCUT2D eigenvalue weighted by molar-refractivity contribution is -0.681. The molecule has 0 unspecified atom stereocenters. The fraction of sp³-hybridized carbons (Fsp3) is 0.364. The van der Waals surface area contributed by atoms with Crippen LogP contribution in [0.5, 0.6) is 0 Å². The van der Waals surface area contributed by atoms with Crippen LogP contribution < -0.4 is 9.78 Å². The zero-order valence-corrected chi connectivity index (χ0v) is 10.6. The average molecular weight is 254 g/mol. The highest BCUT2D eigenvalue weighted by Gasteiger charge is 2.03. The van der Waals surface area contributed by atoms with Gasteiger partial charge in [-0.2, -0.15) is 0 Å². The maximum absolute atomic E-state index is 11.4. The van der Waals surface area contributed by atoms with Crippen molar-refractivity contribution < 1.29 is 19.3 Å². The molecule has 1 aromatic rings. The van der Waals surface area contributed by atoms with Gasteiger partial charge in [0.2, 0.25) is 12.4 Å². The summed E-state index contributed by atoms with van der Waals surface area (Å²) in [7, 11) is 0. The SMILES string of the molecule is CCOC(=O)CS/C([O-])=N/[n+]1ccc(C)cc1. The molecule has 0 aliphatic carbocycles. The van der Waals surface area contributed by atoms with E-state index < -0.39 is 11.2 Å². The van der Waals surface area contributed by atoms with Crippen LogP contribution in [-0.4, -0.2) is 23.6 Å². The summed E-state index contributed by atoms with van der Waals surface area (Å²) in [6, 6.07) is 3.68. The quantitative estimate of drug-likeness (QED) is 0.330. The van der Waals surface area contributed by atoms with E-state index in [1.165, 1.54) is 4.68 Å². The van der Waals surface area contributed by atoms with Crippen LogP contribution in [0.1, 0.15) is 12.5 Å². The van der Waals surface area contributed by atoms with Gasteiger partial charge in [-0.3, -0.25) is 4.79 Å². The topological polar surface area (TPSA) is 65.6 Å². The first-order chi connectivity index (χ1) is 8.11. The van der Waals surface area contributed by atoms with Crippen molar-refractivity contribution >= 4 is 23.0 Å². The molecule has 92 valence electrons. The van der Waals surface area contributed by atoms with Crippen LogP contribution in [0.2, 0.25) is 0 Å². The third-order valence-corrected chi connectivity index (χ3v) is 2.50. The summed E-state index contributed by atoms with van der Waals surface area (Å²) in [5, 5.41) is 14.7. The lowest BCUT2D eigenvalue weighted by atomic mass is 10.3. The third-order valence-electron chi connectivity index (χ3n) is 1.80. The third kappa shape index (κ3) is 5.35. The predicted octanol–water partition coefficient (Wildman–Crippen LogP) is 0.0582. The molecule has 0 aliphatic rings. The number of ether oxygens (including phenoxy) is 1. The number of nitrogens with zero attached hydrogens (tertiary/aromatic N) is 2. The van der Waals surface area contributed by atoms with Gasteiger partial charge in [0.15, 0.2) is 0 Å². The van der Waals surface area contributed by atoms with E-state index >= 15 is 0 Å². The number of thioether (sulfide) groups is 1. The van der Waals surface area contributed by atoms with Gasteiger partial charge in [0.05, 0.1) is 17.6 Å². The number of hydrogen-bond acceptors (Lipinski definition) is 5. The fourth-order valence-electron chi connectivity index (χ4n) is 1.01. The molecule has 0 aliphatic heterocycles. The van der Waals surface area contributed by atoms with Crippen molar-refractivity contribution in [1.82, 2.24) is 0 Å². The van der Waals surface area contributed by atoms with Gasteiger partial charge < -0.3 is 9.84 Å². The molecule has 1 aromatic heterocycles. The van der Waals surface area contributed by atoms with Crippen molar-refractivity contribution in [2.45, 2.75) is 13.8 Å². The number of aromatic nitrogens is 1. The van der Waals surface area contributed by atoms with Crippen molar-refractivity contribution in [2.75, 3.05) is 12.4 Å². The molecule has 0 spiro atoms. The van der Waals surface area contributed by atoms with E-state index in [9.17, 15) is 9.90 Å². The normalized spacial score (nSPS) is 11.3. The molecule has 0 aromatic carbocycles. The molecule has 0 fully saturated rings. The molecule has 1 rings (SSSR count). The number of pyridine rings is 1. The lowest BCUT2D eigenvalue weighted by Crippen LogP contribution is -2.31. The predicted molar refractivity (Wildman–Crippen MR) is 63.3 cm³/mol. The van der Waals surface area contributed by atoms with Gasteiger partial charge in [0, 0.05) is 12.1 Å². The molecule has 17 heavy (non-hydrogen) atoms. The van der Waals surface area contributed by atoms with E-state index in [2.05, 4.69) is 5.10 Å². The highest BCUT2D eigenvalue weighted by Crippen LogP contribution is 1.99. The molecule has 0 atom stereocenters. The van der Waals surface area contributed by atoms with Gasteiger partial charge in [-0.05, 0) is 24.5 Å². The second kappa shape index (κ2) is 6.90. The monoisotopic (exact) mass is 254 g/mol. The minimum Gasteiger partial charge on any atom is -0.850 e. The molecule has 0 saturated carbocycles. The number of rotatable bonds is 4. The van der Waals surface area contributed by atoms with E-state index in [-0.39, 0.29) is 5.75 Å². The first kappa shape index (κ1) is 13.5. The number of carbonyl (C=O) groups excluding carboxylic acids is 1. The molecule has 0 N–H and O–H groups in total. The first-order valence-corrected chi connectivity index (χ1v) is 6.12. The first-order valence-electron chi connectivity index (χ1n) is 5.14. The Morgan fingerprint density at radius 3 is 2.76 bits per heavy atom. The lowest BCUT2D eigenvalue weighted by Gasteiger charge is -2.05. The Balaban J connectivity index is 2.49. The Kier molecular flexibility index (Phi) is 5.48. The van der Waals surface area contributed by atoms with Crippen LogP contribution in [0, 0.1) is 6.92 Å². The smallest absolute Gasteiger partial charge is 0.316 e. The van der Waals surface area contributed by atoms with Crippen molar-refractivity contribution in [2.24, 2.45) is 5.10 Å². The van der Waals surface area contributed by atoms with E-state index in [1.807, 2.05) is 19.1 Å². The number of hydrogen-bond donors (Lipinski definition) is 0. The Labute approximate surface area is 104 Å². The summed E-state index contributed by atoms with van der Waals surface area (Å²) in [5.41, 5.74) is 1.09. The van der Waals surface area contributed by atoms with Gasteiger partial charge in [0.1, 0.15) is 0 Å². The van der Waals surface area contributed by atoms with Crippen LogP contribution >= 0.6 is 11.8 Å². The Hall–Kier alpha value is -1.56. The second-order valence-corrected chi connectivity index (χ2v) is 4.14. The highest BCUT2D eigenvalue weighted by molar-refractivity contribution is 8.13. The molecule has 0 saturated heterocycles. The van der Waals surface area contributed by atoms with E-state index in [0.29, 0.717) is 6.61 Å². The summed E-state index contributed by atoms with van der Waals surface area (Å²) in [4.78, 5) is 11.0. The standard InChI is InChI=1S/C11H14N2O3S/c1-3-16-10(14)8-17-11(15)12-13-6-4-9(2)5-7-13/h4-7H,3,8H2,1-2H3. The Morgan fingerprint density at radius 2 is 2.18 bits per heavy atom. The van der Waals surface area contributed by atoms with Gasteiger partial charge in [0.25, 0.3) is 0 Å². The fourth-order valence-corrected chi connectivity index (χ4v) is 1.48. The molecule has 0 amide bonds. The van der Waals surface area contributed by atoms with E-state index in [0.717, 1.165) is 17.3 Å². The molecule has 5 nitrogen and oxygen atoms in total. The van der Waals surface area contributed by atoms with Crippen LogP contribution in [0.25, 0.3) is 0 Å². The largest absolute Gasteiger partial charge is 0.850 e. The summed E-state index contributed by atoms with van der Waals surface area (Å²) < 4.78 is 6.11. The molecule has 6 heteroatoms. The van der Waals surface area contributed by atoms with Crippen molar-refractivity contribution in [1.29, 1.82) is 0 Å². The maximum Gasteiger partial charge on any atom is 0.316 e. The van der Waals surface area contributed by atoms with Gasteiger partial charge in [-0.15, -0.1) is 11.8 Å². The van der Waals surface area contributed by atoms with Crippen molar-refractivity contribution in [3.8, 4) is 0 Å². The minimum absolute atomic E-state index is 0.0113. The van der Waals surface area contributed by atoms with E-state index in [4.69, 9.17) is 4.74 Å². The molecular formula is C11H14N2O3S. The summed E-state index contributed by atoms with van der Waals surface area (Å²) >= 11 is 0.823. The van der Waals surface area contributed by atoms with Crippen LogP contribution in [0.3, 0.4) is 0 Å². The maximum atomic E-state index is 11.4. The molecular weight excluding hydrogens is 240 g/mol. The zero-order chi connectivity index (χ0) is 12.7. The molecule has 0 radical (unpaired) electrons. The summed E-state index contributed by atoms with van der Waals surface area (Å²) in [5.74, 6) is -0.419. The number of aryl methyl sites for hydroxylation is 1. The number of esters is 1. The molecule has 1 heterocycles.